The van der Waals surface area contributed by atoms with Crippen LogP contribution in [0.1, 0.15) is 18.4 Å². The van der Waals surface area contributed by atoms with Gasteiger partial charge in [0.15, 0.2) is 11.5 Å². The Hall–Kier alpha value is -3.87. The molecule has 164 valence electrons. The van der Waals surface area contributed by atoms with Crippen molar-refractivity contribution in [1.29, 1.82) is 0 Å². The number of aromatic hydroxyl groups is 3. The normalized spacial score (nSPS) is 13.1. The lowest BCUT2D eigenvalue weighted by atomic mass is 10.1. The van der Waals surface area contributed by atoms with Crippen LogP contribution in [0.4, 0.5) is 5.69 Å². The third-order valence-corrected chi connectivity index (χ3v) is 5.88. The fourth-order valence-corrected chi connectivity index (χ4v) is 4.29. The number of fused-ring (bicyclic) bond motifs is 3. The summed E-state index contributed by atoms with van der Waals surface area (Å²) in [5, 5.41) is 29.9. The van der Waals surface area contributed by atoms with Crippen LogP contribution < -0.4 is 15.1 Å². The first-order valence-corrected chi connectivity index (χ1v) is 10.6. The Kier molecular flexibility index (Phi) is 5.01. The average molecular weight is 433 g/mol. The zero-order chi connectivity index (χ0) is 22.2. The topological polar surface area (TPSA) is 103 Å². The summed E-state index contributed by atoms with van der Waals surface area (Å²) in [6.07, 6.45) is 2.78. The van der Waals surface area contributed by atoms with Gasteiger partial charge in [-0.1, -0.05) is 18.2 Å². The number of ether oxygens (including phenoxy) is 1. The van der Waals surface area contributed by atoms with Gasteiger partial charge in [-0.25, -0.2) is 0 Å². The average Bonchev–Trinajstić information content (AvgIpc) is 3.18. The minimum absolute atomic E-state index is 0.0910. The van der Waals surface area contributed by atoms with Gasteiger partial charge in [-0.2, -0.15) is 0 Å². The smallest absolute Gasteiger partial charge is 0.204 e. The first kappa shape index (κ1) is 20.1. The summed E-state index contributed by atoms with van der Waals surface area (Å²) in [5.74, 6) is -0.660. The van der Waals surface area contributed by atoms with Gasteiger partial charge in [-0.15, -0.1) is 0 Å². The van der Waals surface area contributed by atoms with E-state index in [-0.39, 0.29) is 33.4 Å². The summed E-state index contributed by atoms with van der Waals surface area (Å²) in [4.78, 5) is 15.4. The molecule has 0 spiro atoms. The molecule has 7 nitrogen and oxygen atoms in total. The van der Waals surface area contributed by atoms with E-state index in [2.05, 4.69) is 29.2 Å². The van der Waals surface area contributed by atoms with Crippen molar-refractivity contribution in [2.75, 3.05) is 24.6 Å². The summed E-state index contributed by atoms with van der Waals surface area (Å²) >= 11 is 0. The molecule has 0 atom stereocenters. The van der Waals surface area contributed by atoms with Crippen LogP contribution in [-0.4, -0.2) is 35.0 Å². The fraction of sp³-hybridized carbons (Fsp3) is 0.240. The molecule has 1 aromatic heterocycles. The van der Waals surface area contributed by atoms with E-state index in [1.165, 1.54) is 35.5 Å². The highest BCUT2D eigenvalue weighted by Crippen LogP contribution is 2.34. The lowest BCUT2D eigenvalue weighted by Gasteiger charge is -2.19. The van der Waals surface area contributed by atoms with Crippen molar-refractivity contribution in [3.63, 3.8) is 0 Å². The van der Waals surface area contributed by atoms with Gasteiger partial charge < -0.3 is 29.4 Å². The van der Waals surface area contributed by atoms with Gasteiger partial charge in [0, 0.05) is 37.0 Å². The molecule has 2 heterocycles. The number of rotatable bonds is 6. The van der Waals surface area contributed by atoms with Gasteiger partial charge >= 0.3 is 0 Å². The number of hydrogen-bond donors (Lipinski definition) is 3. The highest BCUT2D eigenvalue weighted by molar-refractivity contribution is 5.95. The van der Waals surface area contributed by atoms with E-state index in [1.807, 2.05) is 0 Å². The van der Waals surface area contributed by atoms with Gasteiger partial charge in [0.2, 0.25) is 5.43 Å². The number of phenols is 3. The second-order valence-corrected chi connectivity index (χ2v) is 8.01. The summed E-state index contributed by atoms with van der Waals surface area (Å²) in [5.41, 5.74) is 2.54. The third-order valence-electron chi connectivity index (χ3n) is 5.88. The van der Waals surface area contributed by atoms with Crippen LogP contribution in [0.3, 0.4) is 0 Å². The monoisotopic (exact) mass is 433 g/mol. The van der Waals surface area contributed by atoms with Crippen molar-refractivity contribution in [1.82, 2.24) is 0 Å². The Morgan fingerprint density at radius 2 is 1.78 bits per heavy atom. The predicted octanol–water partition coefficient (Wildman–Crippen LogP) is 4.28. The molecule has 5 rings (SSSR count). The van der Waals surface area contributed by atoms with Crippen LogP contribution in [0.25, 0.3) is 21.9 Å². The van der Waals surface area contributed by atoms with E-state index in [4.69, 9.17) is 9.15 Å². The molecule has 7 heteroatoms. The summed E-state index contributed by atoms with van der Waals surface area (Å²) < 4.78 is 11.6. The van der Waals surface area contributed by atoms with Crippen LogP contribution in [0.15, 0.2) is 57.7 Å². The lowest BCUT2D eigenvalue weighted by Crippen LogP contribution is -2.22. The number of unbranched alkanes of at least 4 members (excludes halogenated alkanes) is 1. The second-order valence-electron chi connectivity index (χ2n) is 8.01. The van der Waals surface area contributed by atoms with Crippen LogP contribution in [0.5, 0.6) is 23.0 Å². The Bertz CT molecular complexity index is 1380. The maximum atomic E-state index is 13.0. The Morgan fingerprint density at radius 1 is 0.969 bits per heavy atom. The van der Waals surface area contributed by atoms with Gasteiger partial charge in [0.1, 0.15) is 28.1 Å². The van der Waals surface area contributed by atoms with Crippen molar-refractivity contribution >= 4 is 27.6 Å². The first-order chi connectivity index (χ1) is 15.5. The molecule has 32 heavy (non-hydrogen) atoms. The molecule has 1 aliphatic rings. The maximum absolute atomic E-state index is 13.0. The number of benzene rings is 3. The zero-order valence-corrected chi connectivity index (χ0v) is 17.4. The third kappa shape index (κ3) is 3.56. The van der Waals surface area contributed by atoms with Crippen molar-refractivity contribution in [3.8, 4) is 23.0 Å². The molecule has 0 saturated carbocycles. The van der Waals surface area contributed by atoms with E-state index in [0.717, 1.165) is 32.4 Å². The van der Waals surface area contributed by atoms with Crippen LogP contribution in [0.2, 0.25) is 0 Å². The fourth-order valence-electron chi connectivity index (χ4n) is 4.29. The number of anilines is 1. The number of hydrogen-bond acceptors (Lipinski definition) is 7. The highest BCUT2D eigenvalue weighted by Gasteiger charge is 2.18. The largest absolute Gasteiger partial charge is 0.508 e. The summed E-state index contributed by atoms with van der Waals surface area (Å²) in [6, 6.07) is 13.5. The zero-order valence-electron chi connectivity index (χ0n) is 17.4. The minimum atomic E-state index is -0.408. The minimum Gasteiger partial charge on any atom is -0.508 e. The molecule has 0 aliphatic carbocycles. The van der Waals surface area contributed by atoms with Crippen LogP contribution >= 0.6 is 0 Å². The molecule has 0 bridgehead atoms. The molecular formula is C25H23NO6. The van der Waals surface area contributed by atoms with Crippen molar-refractivity contribution in [2.45, 2.75) is 19.3 Å². The van der Waals surface area contributed by atoms with Crippen molar-refractivity contribution in [2.24, 2.45) is 0 Å². The van der Waals surface area contributed by atoms with E-state index in [9.17, 15) is 20.1 Å². The van der Waals surface area contributed by atoms with Crippen LogP contribution in [-0.2, 0) is 6.42 Å². The van der Waals surface area contributed by atoms with Crippen molar-refractivity contribution in [3.05, 3.63) is 64.3 Å². The van der Waals surface area contributed by atoms with E-state index >= 15 is 0 Å². The molecule has 4 aromatic rings. The molecular weight excluding hydrogens is 410 g/mol. The van der Waals surface area contributed by atoms with E-state index < -0.39 is 16.9 Å². The Morgan fingerprint density at radius 3 is 2.66 bits per heavy atom. The maximum Gasteiger partial charge on any atom is 0.204 e. The quantitative estimate of drug-likeness (QED) is 0.237. The van der Waals surface area contributed by atoms with Crippen LogP contribution in [0, 0.1) is 0 Å². The number of para-hydroxylation sites is 1. The molecule has 0 amide bonds. The Labute approximate surface area is 183 Å². The molecule has 0 saturated heterocycles. The predicted molar refractivity (Wildman–Crippen MR) is 122 cm³/mol. The summed E-state index contributed by atoms with van der Waals surface area (Å²) in [7, 11) is 0. The number of nitrogens with zero attached hydrogens (tertiary/aromatic N) is 1. The summed E-state index contributed by atoms with van der Waals surface area (Å²) in [6.45, 7) is 2.33. The van der Waals surface area contributed by atoms with Gasteiger partial charge in [-0.05, 0) is 37.0 Å². The standard InChI is InChI=1S/C25H23NO6/c27-16-11-22(31-10-4-3-8-26-9-7-15-5-1-2-6-18(15)26)24-23(12-16)32-21-14-20(29)19(28)13-17(21)25(24)30/h1-2,5-6,11-14,27-29H,3-4,7-10H2. The van der Waals surface area contributed by atoms with Gasteiger partial charge in [-0.3, -0.25) is 4.79 Å². The second kappa shape index (κ2) is 8.00. The first-order valence-electron chi connectivity index (χ1n) is 10.6. The lowest BCUT2D eigenvalue weighted by molar-refractivity contribution is 0.309. The Balaban J connectivity index is 1.32. The molecule has 0 radical (unpaired) electrons. The van der Waals surface area contributed by atoms with Crippen molar-refractivity contribution < 1.29 is 24.5 Å². The highest BCUT2D eigenvalue weighted by atomic mass is 16.5. The SMILES string of the molecule is O=c1c2cc(O)c(O)cc2oc2cc(O)cc(OCCCCN3CCc4ccccc43)c12. The molecule has 3 N–H and O–H groups in total. The molecule has 3 aromatic carbocycles. The number of phenolic OH excluding ortho intramolecular Hbond substituents is 3. The van der Waals surface area contributed by atoms with E-state index in [1.54, 1.807) is 0 Å². The van der Waals surface area contributed by atoms with E-state index in [0.29, 0.717) is 6.61 Å². The molecule has 0 unspecified atom stereocenters. The molecule has 1 aliphatic heterocycles. The molecule has 0 fully saturated rings. The van der Waals surface area contributed by atoms with Gasteiger partial charge in [0.25, 0.3) is 0 Å². The van der Waals surface area contributed by atoms with Gasteiger partial charge in [0.05, 0.1) is 12.0 Å².